The van der Waals surface area contributed by atoms with Crippen molar-refractivity contribution < 1.29 is 9.15 Å². The molecule has 0 aliphatic carbocycles. The highest BCUT2D eigenvalue weighted by molar-refractivity contribution is 5.79. The lowest BCUT2D eigenvalue weighted by molar-refractivity contribution is 0.203. The molecule has 0 aromatic carbocycles. The second-order valence-electron chi connectivity index (χ2n) is 6.28. The lowest BCUT2D eigenvalue weighted by atomic mass is 10.1. The van der Waals surface area contributed by atoms with Gasteiger partial charge in [-0.15, -0.1) is 0 Å². The Morgan fingerprint density at radius 2 is 2.08 bits per heavy atom. The van der Waals surface area contributed by atoms with Gasteiger partial charge in [0.25, 0.3) is 0 Å². The molecule has 2 rings (SSSR count). The second-order valence-corrected chi connectivity index (χ2v) is 6.28. The molecular weight excluding hydrogens is 330 g/mol. The molecule has 0 radical (unpaired) electrons. The number of furan rings is 1. The number of rotatable bonds is 10. The molecular formula is C19H31N5O2. The number of methoxy groups -OCH3 is 1. The van der Waals surface area contributed by atoms with E-state index in [9.17, 15) is 0 Å². The lowest BCUT2D eigenvalue weighted by Gasteiger charge is -2.12. The highest BCUT2D eigenvalue weighted by Crippen LogP contribution is 2.13. The van der Waals surface area contributed by atoms with E-state index in [0.717, 1.165) is 56.3 Å². The summed E-state index contributed by atoms with van der Waals surface area (Å²) in [4.78, 5) is 4.68. The number of aryl methyl sites for hydroxylation is 2. The van der Waals surface area contributed by atoms with Crippen molar-refractivity contribution in [3.8, 4) is 0 Å². The van der Waals surface area contributed by atoms with Gasteiger partial charge in [-0.3, -0.25) is 9.67 Å². The van der Waals surface area contributed by atoms with Gasteiger partial charge in [0.2, 0.25) is 0 Å². The number of aromatic nitrogens is 2. The Morgan fingerprint density at radius 3 is 2.73 bits per heavy atom. The maximum atomic E-state index is 5.36. The van der Waals surface area contributed by atoms with Crippen molar-refractivity contribution >= 4 is 5.96 Å². The van der Waals surface area contributed by atoms with Gasteiger partial charge in [-0.05, 0) is 44.4 Å². The minimum atomic E-state index is 0.646. The van der Waals surface area contributed by atoms with Crippen molar-refractivity contribution in [3.05, 3.63) is 41.1 Å². The first-order valence-corrected chi connectivity index (χ1v) is 9.14. The summed E-state index contributed by atoms with van der Waals surface area (Å²) in [6, 6.07) is 3.89. The first-order chi connectivity index (χ1) is 12.6. The predicted molar refractivity (Wildman–Crippen MR) is 104 cm³/mol. The summed E-state index contributed by atoms with van der Waals surface area (Å²) in [5, 5.41) is 11.1. The number of aliphatic imine (C=N–C) groups is 1. The van der Waals surface area contributed by atoms with Crippen molar-refractivity contribution in [2.24, 2.45) is 12.0 Å². The number of hydrogen-bond acceptors (Lipinski definition) is 4. The molecule has 2 aromatic heterocycles. The van der Waals surface area contributed by atoms with Gasteiger partial charge in [0.05, 0.1) is 18.6 Å². The number of nitrogens with zero attached hydrogens (tertiary/aromatic N) is 3. The highest BCUT2D eigenvalue weighted by Gasteiger charge is 2.08. The van der Waals surface area contributed by atoms with Crippen LogP contribution in [0.4, 0.5) is 0 Å². The highest BCUT2D eigenvalue weighted by atomic mass is 16.5. The zero-order valence-electron chi connectivity index (χ0n) is 16.3. The van der Waals surface area contributed by atoms with Crippen LogP contribution in [0.3, 0.4) is 0 Å². The monoisotopic (exact) mass is 361 g/mol. The minimum Gasteiger partial charge on any atom is -0.469 e. The molecule has 0 bridgehead atoms. The molecule has 0 amide bonds. The van der Waals surface area contributed by atoms with Crippen LogP contribution < -0.4 is 10.6 Å². The average Bonchev–Trinajstić information content (AvgIpc) is 3.21. The van der Waals surface area contributed by atoms with Crippen molar-refractivity contribution in [1.82, 2.24) is 20.4 Å². The molecule has 144 valence electrons. The first-order valence-electron chi connectivity index (χ1n) is 9.14. The molecule has 0 aliphatic heterocycles. The third-order valence-electron chi connectivity index (χ3n) is 4.36. The van der Waals surface area contributed by atoms with Gasteiger partial charge in [0, 0.05) is 45.9 Å². The fourth-order valence-corrected chi connectivity index (χ4v) is 2.83. The Labute approximate surface area is 155 Å². The molecule has 0 atom stereocenters. The van der Waals surface area contributed by atoms with Crippen molar-refractivity contribution in [2.75, 3.05) is 33.4 Å². The molecule has 0 unspecified atom stereocenters. The van der Waals surface area contributed by atoms with E-state index in [4.69, 9.17) is 9.15 Å². The second kappa shape index (κ2) is 10.7. The Kier molecular flexibility index (Phi) is 8.21. The smallest absolute Gasteiger partial charge is 0.191 e. The van der Waals surface area contributed by atoms with Crippen LogP contribution in [-0.4, -0.2) is 49.1 Å². The van der Waals surface area contributed by atoms with Crippen molar-refractivity contribution in [2.45, 2.75) is 33.1 Å². The van der Waals surface area contributed by atoms with E-state index in [-0.39, 0.29) is 0 Å². The first kappa shape index (κ1) is 20.0. The molecule has 7 heteroatoms. The largest absolute Gasteiger partial charge is 0.469 e. The van der Waals surface area contributed by atoms with E-state index in [1.165, 1.54) is 11.3 Å². The Hall–Kier alpha value is -2.28. The Bertz CT molecular complexity index is 676. The number of guanidine groups is 1. The van der Waals surface area contributed by atoms with Gasteiger partial charge >= 0.3 is 0 Å². The van der Waals surface area contributed by atoms with Crippen LogP contribution in [0.15, 0.2) is 27.8 Å². The SMILES string of the molecule is COCCNC(=NCCCc1c(C)nn(C)c1C)NCCc1ccco1. The summed E-state index contributed by atoms with van der Waals surface area (Å²) in [7, 11) is 3.69. The molecule has 0 fully saturated rings. The summed E-state index contributed by atoms with van der Waals surface area (Å²) >= 11 is 0. The van der Waals surface area contributed by atoms with Crippen molar-refractivity contribution in [1.29, 1.82) is 0 Å². The van der Waals surface area contributed by atoms with Gasteiger partial charge in [0.1, 0.15) is 5.76 Å². The topological polar surface area (TPSA) is 76.6 Å². The zero-order chi connectivity index (χ0) is 18.8. The average molecular weight is 361 g/mol. The standard InChI is InChI=1S/C19H31N5O2/c1-15-18(16(2)24(3)23-15)8-5-10-20-19(22-12-14-25-4)21-11-9-17-7-6-13-26-17/h6-7,13H,5,8-12,14H2,1-4H3,(H2,20,21,22). The van der Waals surface area contributed by atoms with Gasteiger partial charge in [-0.1, -0.05) is 0 Å². The number of nitrogens with one attached hydrogen (secondary N) is 2. The molecule has 2 heterocycles. The molecule has 0 spiro atoms. The molecule has 0 aliphatic rings. The number of hydrogen-bond donors (Lipinski definition) is 2. The molecule has 0 saturated heterocycles. The van der Waals surface area contributed by atoms with Crippen LogP contribution in [0.1, 0.15) is 29.1 Å². The molecule has 0 saturated carbocycles. The predicted octanol–water partition coefficient (Wildman–Crippen LogP) is 1.99. The molecule has 26 heavy (non-hydrogen) atoms. The van der Waals surface area contributed by atoms with Crippen LogP contribution in [0.2, 0.25) is 0 Å². The van der Waals surface area contributed by atoms with Crippen LogP contribution in [-0.2, 0) is 24.6 Å². The van der Waals surface area contributed by atoms with E-state index >= 15 is 0 Å². The van der Waals surface area contributed by atoms with Gasteiger partial charge in [-0.2, -0.15) is 5.10 Å². The van der Waals surface area contributed by atoms with E-state index in [2.05, 4.69) is 34.6 Å². The summed E-state index contributed by atoms with van der Waals surface area (Å²) in [6.45, 7) is 7.09. The maximum Gasteiger partial charge on any atom is 0.191 e. The molecule has 2 N–H and O–H groups in total. The summed E-state index contributed by atoms with van der Waals surface area (Å²) in [5.74, 6) is 1.78. The van der Waals surface area contributed by atoms with E-state index in [0.29, 0.717) is 6.61 Å². The third-order valence-corrected chi connectivity index (χ3v) is 4.36. The Morgan fingerprint density at radius 1 is 1.27 bits per heavy atom. The quantitative estimate of drug-likeness (QED) is 0.384. The summed E-state index contributed by atoms with van der Waals surface area (Å²) in [6.07, 6.45) is 4.51. The lowest BCUT2D eigenvalue weighted by Crippen LogP contribution is -2.40. The van der Waals surface area contributed by atoms with E-state index < -0.39 is 0 Å². The Balaban J connectivity index is 1.80. The normalized spacial score (nSPS) is 11.8. The van der Waals surface area contributed by atoms with Crippen LogP contribution in [0, 0.1) is 13.8 Å². The third kappa shape index (κ3) is 6.22. The summed E-state index contributed by atoms with van der Waals surface area (Å²) < 4.78 is 12.4. The fraction of sp³-hybridized carbons (Fsp3) is 0.579. The summed E-state index contributed by atoms with van der Waals surface area (Å²) in [5.41, 5.74) is 3.69. The van der Waals surface area contributed by atoms with E-state index in [1.807, 2.05) is 23.9 Å². The van der Waals surface area contributed by atoms with Crippen LogP contribution >= 0.6 is 0 Å². The molecule has 2 aromatic rings. The minimum absolute atomic E-state index is 0.646. The van der Waals surface area contributed by atoms with Crippen molar-refractivity contribution in [3.63, 3.8) is 0 Å². The van der Waals surface area contributed by atoms with E-state index in [1.54, 1.807) is 13.4 Å². The van der Waals surface area contributed by atoms with Crippen LogP contribution in [0.25, 0.3) is 0 Å². The van der Waals surface area contributed by atoms with Gasteiger partial charge in [-0.25, -0.2) is 0 Å². The van der Waals surface area contributed by atoms with Crippen LogP contribution in [0.5, 0.6) is 0 Å². The molecule has 7 nitrogen and oxygen atoms in total. The van der Waals surface area contributed by atoms with Gasteiger partial charge < -0.3 is 19.8 Å². The maximum absolute atomic E-state index is 5.36. The fourth-order valence-electron chi connectivity index (χ4n) is 2.83. The van der Waals surface area contributed by atoms with Gasteiger partial charge in [0.15, 0.2) is 5.96 Å². The zero-order valence-corrected chi connectivity index (χ0v) is 16.3. The number of ether oxygens (including phenoxy) is 1.